The monoisotopic (exact) mass is 251 g/mol. The van der Waals surface area contributed by atoms with E-state index in [0.717, 1.165) is 16.8 Å². The Bertz CT molecular complexity index is 532. The van der Waals surface area contributed by atoms with Crippen LogP contribution in [0.25, 0.3) is 0 Å². The Labute approximate surface area is 114 Å². The lowest BCUT2D eigenvalue weighted by Gasteiger charge is -2.07. The van der Waals surface area contributed by atoms with Crippen LogP contribution in [0.4, 0.5) is 0 Å². The van der Waals surface area contributed by atoms with Crippen LogP contribution in [0.1, 0.15) is 22.3 Å². The fourth-order valence-corrected chi connectivity index (χ4v) is 1.78. The van der Waals surface area contributed by atoms with Gasteiger partial charge in [-0.25, -0.2) is 0 Å². The fraction of sp³-hybridized carbons (Fsp3) is 0.118. The van der Waals surface area contributed by atoms with Gasteiger partial charge in [-0.3, -0.25) is 0 Å². The lowest BCUT2D eigenvalue weighted by molar-refractivity contribution is 0.270. The molecular formula is C17H17NO. The van der Waals surface area contributed by atoms with Gasteiger partial charge in [-0.2, -0.15) is 0 Å². The standard InChI is InChI=1S/C17H17NO/c1-4-19-18-17(15-9-5-13(2)6-10-15)16-11-7-14(3)8-12-16/h4-12H,1H2,2-3H3. The van der Waals surface area contributed by atoms with Crippen LogP contribution in [0.15, 0.2) is 66.5 Å². The van der Waals surface area contributed by atoms with Gasteiger partial charge in [-0.1, -0.05) is 71.4 Å². The van der Waals surface area contributed by atoms with Gasteiger partial charge >= 0.3 is 0 Å². The Hall–Kier alpha value is -2.35. The maximum Gasteiger partial charge on any atom is 0.117 e. The van der Waals surface area contributed by atoms with Crippen LogP contribution >= 0.6 is 0 Å². The third-order valence-corrected chi connectivity index (χ3v) is 2.87. The van der Waals surface area contributed by atoms with E-state index in [4.69, 9.17) is 4.84 Å². The van der Waals surface area contributed by atoms with Crippen molar-refractivity contribution in [1.29, 1.82) is 0 Å². The first-order valence-electron chi connectivity index (χ1n) is 6.19. The second-order valence-electron chi connectivity index (χ2n) is 4.44. The molecule has 2 aromatic carbocycles. The van der Waals surface area contributed by atoms with E-state index in [1.807, 2.05) is 24.3 Å². The molecule has 2 heteroatoms. The highest BCUT2D eigenvalue weighted by atomic mass is 16.6. The number of hydrogen-bond acceptors (Lipinski definition) is 2. The second-order valence-corrected chi connectivity index (χ2v) is 4.44. The van der Waals surface area contributed by atoms with Crippen LogP contribution in [-0.4, -0.2) is 5.71 Å². The molecule has 2 nitrogen and oxygen atoms in total. The maximum atomic E-state index is 5.02. The number of oxime groups is 1. The van der Waals surface area contributed by atoms with Crippen molar-refractivity contribution in [3.05, 3.63) is 83.6 Å². The third-order valence-electron chi connectivity index (χ3n) is 2.87. The van der Waals surface area contributed by atoms with Crippen molar-refractivity contribution in [3.63, 3.8) is 0 Å². The molecule has 2 rings (SSSR count). The van der Waals surface area contributed by atoms with Gasteiger partial charge < -0.3 is 4.84 Å². The summed E-state index contributed by atoms with van der Waals surface area (Å²) in [4.78, 5) is 5.02. The van der Waals surface area contributed by atoms with Crippen molar-refractivity contribution in [2.24, 2.45) is 5.16 Å². The van der Waals surface area contributed by atoms with Crippen molar-refractivity contribution in [2.45, 2.75) is 13.8 Å². The van der Waals surface area contributed by atoms with Crippen LogP contribution in [0.2, 0.25) is 0 Å². The first-order valence-corrected chi connectivity index (χ1v) is 6.19. The molecular weight excluding hydrogens is 234 g/mol. The van der Waals surface area contributed by atoms with Gasteiger partial charge in [0.15, 0.2) is 0 Å². The van der Waals surface area contributed by atoms with Gasteiger partial charge in [0.2, 0.25) is 0 Å². The number of rotatable bonds is 4. The van der Waals surface area contributed by atoms with Gasteiger partial charge in [0.25, 0.3) is 0 Å². The van der Waals surface area contributed by atoms with E-state index in [0.29, 0.717) is 0 Å². The molecule has 0 heterocycles. The summed E-state index contributed by atoms with van der Waals surface area (Å²) in [6.07, 6.45) is 1.32. The molecule has 96 valence electrons. The molecule has 0 spiro atoms. The minimum absolute atomic E-state index is 0.805. The smallest absolute Gasteiger partial charge is 0.117 e. The summed E-state index contributed by atoms with van der Waals surface area (Å²) in [7, 11) is 0. The van der Waals surface area contributed by atoms with Crippen LogP contribution in [0.3, 0.4) is 0 Å². The first-order chi connectivity index (χ1) is 9.20. The average molecular weight is 251 g/mol. The van der Waals surface area contributed by atoms with Crippen LogP contribution < -0.4 is 0 Å². The molecule has 0 aliphatic carbocycles. The van der Waals surface area contributed by atoms with Crippen LogP contribution in [0.5, 0.6) is 0 Å². The summed E-state index contributed by atoms with van der Waals surface area (Å²) in [5.41, 5.74) is 5.29. The normalized spacial score (nSPS) is 9.79. The first kappa shape index (κ1) is 13.1. The molecule has 0 aliphatic heterocycles. The van der Waals surface area contributed by atoms with Crippen molar-refractivity contribution in [3.8, 4) is 0 Å². The van der Waals surface area contributed by atoms with Crippen molar-refractivity contribution >= 4 is 5.71 Å². The highest BCUT2D eigenvalue weighted by Crippen LogP contribution is 2.13. The van der Waals surface area contributed by atoms with E-state index in [1.165, 1.54) is 17.4 Å². The zero-order valence-corrected chi connectivity index (χ0v) is 11.3. The third kappa shape index (κ3) is 3.32. The largest absolute Gasteiger partial charge is 0.365 e. The van der Waals surface area contributed by atoms with E-state index in [2.05, 4.69) is 49.8 Å². The van der Waals surface area contributed by atoms with Gasteiger partial charge in [0.1, 0.15) is 12.0 Å². The van der Waals surface area contributed by atoms with Gasteiger partial charge in [-0.05, 0) is 13.8 Å². The topological polar surface area (TPSA) is 21.6 Å². The predicted molar refractivity (Wildman–Crippen MR) is 79.3 cm³/mol. The fourth-order valence-electron chi connectivity index (χ4n) is 1.78. The van der Waals surface area contributed by atoms with Crippen molar-refractivity contribution in [2.75, 3.05) is 0 Å². The SMILES string of the molecule is C=CON=C(c1ccc(C)cc1)c1ccc(C)cc1. The molecule has 0 saturated heterocycles. The lowest BCUT2D eigenvalue weighted by atomic mass is 10.0. The molecule has 0 fully saturated rings. The highest BCUT2D eigenvalue weighted by molar-refractivity contribution is 6.12. The Morgan fingerprint density at radius 1 is 0.895 bits per heavy atom. The molecule has 0 radical (unpaired) electrons. The molecule has 0 aromatic heterocycles. The van der Waals surface area contributed by atoms with Crippen LogP contribution in [-0.2, 0) is 4.84 Å². The average Bonchev–Trinajstić information content (AvgIpc) is 2.43. The second kappa shape index (κ2) is 6.01. The summed E-state index contributed by atoms with van der Waals surface area (Å²) < 4.78 is 0. The minimum Gasteiger partial charge on any atom is -0.365 e. The summed E-state index contributed by atoms with van der Waals surface area (Å²) in [5, 5.41) is 4.14. The number of benzene rings is 2. The molecule has 0 unspecified atom stereocenters. The zero-order chi connectivity index (χ0) is 13.7. The van der Waals surface area contributed by atoms with E-state index in [9.17, 15) is 0 Å². The number of hydrogen-bond donors (Lipinski definition) is 0. The molecule has 0 N–H and O–H groups in total. The van der Waals surface area contributed by atoms with E-state index < -0.39 is 0 Å². The number of aryl methyl sites for hydroxylation is 2. The summed E-state index contributed by atoms with van der Waals surface area (Å²) in [6.45, 7) is 7.64. The number of nitrogens with zero attached hydrogens (tertiary/aromatic N) is 1. The Morgan fingerprint density at radius 2 is 1.32 bits per heavy atom. The van der Waals surface area contributed by atoms with Gasteiger partial charge in [0.05, 0.1) is 0 Å². The molecule has 0 atom stereocenters. The molecule has 0 bridgehead atoms. The van der Waals surface area contributed by atoms with E-state index in [-0.39, 0.29) is 0 Å². The van der Waals surface area contributed by atoms with Crippen molar-refractivity contribution < 1.29 is 4.84 Å². The van der Waals surface area contributed by atoms with Gasteiger partial charge in [0, 0.05) is 11.1 Å². The quantitative estimate of drug-likeness (QED) is 0.453. The van der Waals surface area contributed by atoms with E-state index >= 15 is 0 Å². The van der Waals surface area contributed by atoms with Crippen molar-refractivity contribution in [1.82, 2.24) is 0 Å². The zero-order valence-electron chi connectivity index (χ0n) is 11.3. The van der Waals surface area contributed by atoms with Gasteiger partial charge in [-0.15, -0.1) is 0 Å². The summed E-state index contributed by atoms with van der Waals surface area (Å²) >= 11 is 0. The predicted octanol–water partition coefficient (Wildman–Crippen LogP) is 4.22. The molecule has 0 saturated carbocycles. The molecule has 2 aromatic rings. The minimum atomic E-state index is 0.805. The summed E-state index contributed by atoms with van der Waals surface area (Å²) in [5.74, 6) is 0. The highest BCUT2D eigenvalue weighted by Gasteiger charge is 2.07. The lowest BCUT2D eigenvalue weighted by Crippen LogP contribution is -2.03. The Kier molecular flexibility index (Phi) is 4.14. The molecule has 0 aliphatic rings. The molecule has 0 amide bonds. The van der Waals surface area contributed by atoms with E-state index in [1.54, 1.807) is 0 Å². The molecule has 19 heavy (non-hydrogen) atoms. The Balaban J connectivity index is 2.44. The van der Waals surface area contributed by atoms with Crippen LogP contribution in [0, 0.1) is 13.8 Å². The maximum absolute atomic E-state index is 5.02. The Morgan fingerprint density at radius 3 is 1.68 bits per heavy atom. The summed E-state index contributed by atoms with van der Waals surface area (Å²) in [6, 6.07) is 16.4.